The van der Waals surface area contributed by atoms with Gasteiger partial charge in [0.25, 0.3) is 0 Å². The maximum absolute atomic E-state index is 11.9. The fraction of sp³-hybridized carbons (Fsp3) is 0.0769. The molecule has 1 aromatic carbocycles. The van der Waals surface area contributed by atoms with Crippen LogP contribution in [0.15, 0.2) is 29.4 Å². The minimum absolute atomic E-state index is 0.00276. The molecule has 0 bridgehead atoms. The highest BCUT2D eigenvalue weighted by atomic mass is 16.4. The van der Waals surface area contributed by atoms with Gasteiger partial charge in [-0.1, -0.05) is 6.07 Å². The van der Waals surface area contributed by atoms with Crippen molar-refractivity contribution in [2.45, 2.75) is 6.42 Å². The average Bonchev–Trinajstić information content (AvgIpc) is 2.37. The molecule has 0 radical (unpaired) electrons. The van der Waals surface area contributed by atoms with Gasteiger partial charge < -0.3 is 10.2 Å². The predicted molar refractivity (Wildman–Crippen MR) is 67.1 cm³/mol. The molecule has 2 N–H and O–H groups in total. The molecular formula is C13H8N2O4. The van der Waals surface area contributed by atoms with Crippen LogP contribution in [0.2, 0.25) is 0 Å². The molecule has 6 heteroatoms. The van der Waals surface area contributed by atoms with Crippen molar-refractivity contribution in [1.29, 1.82) is 0 Å². The maximum atomic E-state index is 11.9. The molecule has 0 fully saturated rings. The molecule has 3 rings (SSSR count). The Morgan fingerprint density at radius 2 is 2.11 bits per heavy atom. The molecule has 2 aromatic rings. The van der Waals surface area contributed by atoms with Crippen molar-refractivity contribution < 1.29 is 19.8 Å². The Kier molecular flexibility index (Phi) is 2.31. The molecule has 1 aromatic heterocycles. The van der Waals surface area contributed by atoms with Gasteiger partial charge in [0.15, 0.2) is 5.78 Å². The zero-order valence-corrected chi connectivity index (χ0v) is 9.62. The second-order valence-corrected chi connectivity index (χ2v) is 4.19. The van der Waals surface area contributed by atoms with Gasteiger partial charge in [-0.25, -0.2) is 9.79 Å². The van der Waals surface area contributed by atoms with E-state index < -0.39 is 5.97 Å². The number of aromatic nitrogens is 1. The number of pyridine rings is 1. The fourth-order valence-electron chi connectivity index (χ4n) is 2.06. The fourth-order valence-corrected chi connectivity index (χ4v) is 2.06. The number of hydrogen-bond acceptors (Lipinski definition) is 5. The van der Waals surface area contributed by atoms with E-state index in [9.17, 15) is 14.7 Å². The molecule has 0 aliphatic carbocycles. The summed E-state index contributed by atoms with van der Waals surface area (Å²) in [7, 11) is 0. The number of rotatable bonds is 1. The first kappa shape index (κ1) is 11.3. The number of nitrogens with zero attached hydrogens (tertiary/aromatic N) is 2. The molecule has 2 heterocycles. The van der Waals surface area contributed by atoms with Crippen molar-refractivity contribution in [2.24, 2.45) is 4.99 Å². The molecule has 6 nitrogen and oxygen atoms in total. The van der Waals surface area contributed by atoms with Gasteiger partial charge in [0, 0.05) is 10.9 Å². The maximum Gasteiger partial charge on any atom is 0.350 e. The Morgan fingerprint density at radius 3 is 2.84 bits per heavy atom. The first-order valence-electron chi connectivity index (χ1n) is 5.52. The van der Waals surface area contributed by atoms with E-state index >= 15 is 0 Å². The van der Waals surface area contributed by atoms with E-state index in [4.69, 9.17) is 5.11 Å². The monoisotopic (exact) mass is 256 g/mol. The summed E-state index contributed by atoms with van der Waals surface area (Å²) >= 11 is 0. The van der Waals surface area contributed by atoms with Gasteiger partial charge in [0.05, 0.1) is 18.1 Å². The Balaban J connectivity index is 2.35. The summed E-state index contributed by atoms with van der Waals surface area (Å²) < 4.78 is 0. The predicted octanol–water partition coefficient (Wildman–Crippen LogP) is 1.68. The Labute approximate surface area is 107 Å². The van der Waals surface area contributed by atoms with Crippen LogP contribution in [-0.2, 0) is 4.79 Å². The molecular weight excluding hydrogens is 248 g/mol. The van der Waals surface area contributed by atoms with Gasteiger partial charge >= 0.3 is 5.97 Å². The molecule has 0 atom stereocenters. The minimum atomic E-state index is -1.21. The molecule has 19 heavy (non-hydrogen) atoms. The zero-order chi connectivity index (χ0) is 13.6. The van der Waals surface area contributed by atoms with Gasteiger partial charge in [-0.05, 0) is 12.1 Å². The molecule has 0 spiro atoms. The zero-order valence-electron chi connectivity index (χ0n) is 9.62. The molecule has 0 saturated carbocycles. The number of carbonyl (C=O) groups excluding carboxylic acids is 1. The van der Waals surface area contributed by atoms with E-state index in [0.29, 0.717) is 16.5 Å². The minimum Gasteiger partial charge on any atom is -0.506 e. The number of aliphatic carboxylic acids is 1. The molecule has 0 unspecified atom stereocenters. The highest BCUT2D eigenvalue weighted by Crippen LogP contribution is 2.33. The van der Waals surface area contributed by atoms with Crippen LogP contribution in [0.5, 0.6) is 5.75 Å². The molecule has 1 aliphatic heterocycles. The standard InChI is InChI=1S/C13H8N2O4/c16-7-3-6-1-2-8-10(17)4-9(13(18)19)15-12(8)11(6)14-5-7/h1-3,5,16H,4H2,(H,18,19). The summed E-state index contributed by atoms with van der Waals surface area (Å²) in [6.07, 6.45) is 1.02. The van der Waals surface area contributed by atoms with Crippen LogP contribution >= 0.6 is 0 Å². The number of aliphatic imine (C=N–C) groups is 1. The van der Waals surface area contributed by atoms with Gasteiger partial charge in [-0.3, -0.25) is 9.78 Å². The van der Waals surface area contributed by atoms with Crippen molar-refractivity contribution in [3.63, 3.8) is 0 Å². The number of aromatic hydroxyl groups is 1. The number of benzene rings is 1. The van der Waals surface area contributed by atoms with E-state index in [-0.39, 0.29) is 29.4 Å². The van der Waals surface area contributed by atoms with E-state index in [2.05, 4.69) is 9.98 Å². The average molecular weight is 256 g/mol. The highest BCUT2D eigenvalue weighted by Gasteiger charge is 2.25. The van der Waals surface area contributed by atoms with Crippen LogP contribution in [0.1, 0.15) is 16.8 Å². The summed E-state index contributed by atoms with van der Waals surface area (Å²) in [6, 6.07) is 4.71. The van der Waals surface area contributed by atoms with Crippen molar-refractivity contribution in [1.82, 2.24) is 4.98 Å². The summed E-state index contributed by atoms with van der Waals surface area (Å²) in [5.74, 6) is -1.51. The van der Waals surface area contributed by atoms with Crippen molar-refractivity contribution in [2.75, 3.05) is 0 Å². The van der Waals surface area contributed by atoms with Crippen LogP contribution in [0, 0.1) is 0 Å². The molecule has 0 amide bonds. The van der Waals surface area contributed by atoms with Gasteiger partial charge in [-0.15, -0.1) is 0 Å². The smallest absolute Gasteiger partial charge is 0.350 e. The van der Waals surface area contributed by atoms with Crippen LogP contribution < -0.4 is 0 Å². The summed E-state index contributed by atoms with van der Waals surface area (Å²) in [6.45, 7) is 0. The van der Waals surface area contributed by atoms with E-state index in [1.165, 1.54) is 12.3 Å². The van der Waals surface area contributed by atoms with E-state index in [1.54, 1.807) is 12.1 Å². The number of Topliss-reactive ketones (excluding diaryl/α,β-unsaturated/α-hetero) is 1. The van der Waals surface area contributed by atoms with E-state index in [1.807, 2.05) is 0 Å². The molecule has 94 valence electrons. The van der Waals surface area contributed by atoms with Crippen LogP contribution in [0.4, 0.5) is 5.69 Å². The quantitative estimate of drug-likeness (QED) is 0.808. The van der Waals surface area contributed by atoms with Crippen LogP contribution in [0.3, 0.4) is 0 Å². The normalized spacial score (nSPS) is 14.1. The van der Waals surface area contributed by atoms with Gasteiger partial charge in [0.1, 0.15) is 17.1 Å². The third kappa shape index (κ3) is 1.74. The lowest BCUT2D eigenvalue weighted by Crippen LogP contribution is -2.21. The lowest BCUT2D eigenvalue weighted by atomic mass is 9.98. The summed E-state index contributed by atoms with van der Waals surface area (Å²) in [5, 5.41) is 18.9. The second-order valence-electron chi connectivity index (χ2n) is 4.19. The number of carboxylic acid groups (broad SMARTS) is 1. The first-order valence-corrected chi connectivity index (χ1v) is 5.52. The van der Waals surface area contributed by atoms with Gasteiger partial charge in [0.2, 0.25) is 0 Å². The lowest BCUT2D eigenvalue weighted by Gasteiger charge is -2.13. The Hall–Kier alpha value is -2.76. The molecule has 0 saturated heterocycles. The number of ketones is 1. The Bertz CT molecular complexity index is 765. The SMILES string of the molecule is O=C(O)C1=Nc2c(ccc3cc(O)cnc23)C(=O)C1. The first-order chi connectivity index (χ1) is 9.06. The second kappa shape index (κ2) is 3.88. The van der Waals surface area contributed by atoms with Crippen LogP contribution in [-0.4, -0.2) is 32.7 Å². The lowest BCUT2D eigenvalue weighted by molar-refractivity contribution is -0.129. The molecule has 1 aliphatic rings. The highest BCUT2D eigenvalue weighted by molar-refractivity contribution is 6.42. The third-order valence-corrected chi connectivity index (χ3v) is 2.93. The van der Waals surface area contributed by atoms with Crippen molar-refractivity contribution in [3.8, 4) is 5.75 Å². The topological polar surface area (TPSA) is 99.8 Å². The van der Waals surface area contributed by atoms with Gasteiger partial charge in [-0.2, -0.15) is 0 Å². The van der Waals surface area contributed by atoms with Crippen molar-refractivity contribution in [3.05, 3.63) is 30.0 Å². The Morgan fingerprint density at radius 1 is 1.32 bits per heavy atom. The van der Waals surface area contributed by atoms with E-state index in [0.717, 1.165) is 0 Å². The van der Waals surface area contributed by atoms with Crippen molar-refractivity contribution >= 4 is 34.1 Å². The number of carboxylic acids is 1. The number of carbonyl (C=O) groups is 2. The van der Waals surface area contributed by atoms with Crippen LogP contribution in [0.25, 0.3) is 10.9 Å². The number of hydrogen-bond donors (Lipinski definition) is 2. The third-order valence-electron chi connectivity index (χ3n) is 2.93. The summed E-state index contributed by atoms with van der Waals surface area (Å²) in [4.78, 5) is 30.9. The largest absolute Gasteiger partial charge is 0.506 e. The number of fused-ring (bicyclic) bond motifs is 3. The summed E-state index contributed by atoms with van der Waals surface area (Å²) in [5.41, 5.74) is 0.823.